The number of aliphatic hydroxyl groups is 1. The van der Waals surface area contributed by atoms with E-state index in [4.69, 9.17) is 0 Å². The molecule has 0 amide bonds. The van der Waals surface area contributed by atoms with E-state index in [9.17, 15) is 5.11 Å². The molecule has 20 heavy (non-hydrogen) atoms. The fourth-order valence-corrected chi connectivity index (χ4v) is 4.19. The summed E-state index contributed by atoms with van der Waals surface area (Å²) >= 11 is 0. The van der Waals surface area contributed by atoms with E-state index in [2.05, 4.69) is 45.9 Å². The quantitative estimate of drug-likeness (QED) is 0.816. The Morgan fingerprint density at radius 1 is 1.05 bits per heavy atom. The van der Waals surface area contributed by atoms with E-state index in [1.54, 1.807) is 0 Å². The lowest BCUT2D eigenvalue weighted by atomic mass is 9.72. The van der Waals surface area contributed by atoms with Crippen LogP contribution in [0.4, 0.5) is 0 Å². The van der Waals surface area contributed by atoms with Gasteiger partial charge < -0.3 is 5.11 Å². The van der Waals surface area contributed by atoms with Crippen LogP contribution in [0.5, 0.6) is 0 Å². The Balaban J connectivity index is 2.14. The molecule has 2 rings (SSSR count). The lowest BCUT2D eigenvalue weighted by Crippen LogP contribution is -2.35. The number of aliphatic hydroxyl groups excluding tert-OH is 1. The first-order valence-corrected chi connectivity index (χ1v) is 8.16. The van der Waals surface area contributed by atoms with Gasteiger partial charge in [0.05, 0.1) is 6.10 Å². The van der Waals surface area contributed by atoms with Gasteiger partial charge in [0.2, 0.25) is 0 Å². The molecule has 0 spiro atoms. The summed E-state index contributed by atoms with van der Waals surface area (Å²) in [7, 11) is 0. The normalized spacial score (nSPS) is 19.5. The lowest BCUT2D eigenvalue weighted by Gasteiger charge is -2.36. The van der Waals surface area contributed by atoms with Crippen molar-refractivity contribution >= 4 is 0 Å². The molecule has 1 atom stereocenters. The standard InChI is InChI=1S/C19H30O/c1-14(2)13-19(7-5-6-8-19)18(20)12-17-10-15(3)9-16(4)11-17/h9-11,14,18,20H,5-8,12-13H2,1-4H3. The van der Waals surface area contributed by atoms with Crippen LogP contribution in [-0.4, -0.2) is 11.2 Å². The molecule has 1 heteroatoms. The molecule has 1 aromatic rings. The molecule has 0 saturated heterocycles. The fraction of sp³-hybridized carbons (Fsp3) is 0.684. The largest absolute Gasteiger partial charge is 0.392 e. The maximum atomic E-state index is 10.9. The Labute approximate surface area is 124 Å². The van der Waals surface area contributed by atoms with Crippen molar-refractivity contribution in [2.45, 2.75) is 72.3 Å². The molecule has 1 aromatic carbocycles. The van der Waals surface area contributed by atoms with Crippen LogP contribution >= 0.6 is 0 Å². The molecule has 1 aliphatic rings. The highest BCUT2D eigenvalue weighted by Gasteiger charge is 2.40. The molecule has 112 valence electrons. The molecule has 1 fully saturated rings. The maximum absolute atomic E-state index is 10.9. The minimum Gasteiger partial charge on any atom is -0.392 e. The summed E-state index contributed by atoms with van der Waals surface area (Å²) in [5, 5.41) is 10.9. The summed E-state index contributed by atoms with van der Waals surface area (Å²) < 4.78 is 0. The molecular weight excluding hydrogens is 244 g/mol. The zero-order valence-electron chi connectivity index (χ0n) is 13.6. The van der Waals surface area contributed by atoms with E-state index in [0.717, 1.165) is 6.42 Å². The average Bonchev–Trinajstić information content (AvgIpc) is 2.76. The maximum Gasteiger partial charge on any atom is 0.0636 e. The van der Waals surface area contributed by atoms with Crippen molar-refractivity contribution in [3.05, 3.63) is 34.9 Å². The van der Waals surface area contributed by atoms with Crippen molar-refractivity contribution < 1.29 is 5.11 Å². The number of benzene rings is 1. The van der Waals surface area contributed by atoms with Crippen LogP contribution in [0, 0.1) is 25.2 Å². The zero-order chi connectivity index (χ0) is 14.8. The molecule has 0 radical (unpaired) electrons. The van der Waals surface area contributed by atoms with E-state index < -0.39 is 0 Å². The Morgan fingerprint density at radius 2 is 1.60 bits per heavy atom. The number of hydrogen-bond donors (Lipinski definition) is 1. The van der Waals surface area contributed by atoms with E-state index in [-0.39, 0.29) is 11.5 Å². The highest BCUT2D eigenvalue weighted by atomic mass is 16.3. The molecule has 1 saturated carbocycles. The van der Waals surface area contributed by atoms with Gasteiger partial charge in [0.25, 0.3) is 0 Å². The molecule has 0 aliphatic heterocycles. The van der Waals surface area contributed by atoms with E-state index in [1.165, 1.54) is 48.8 Å². The SMILES string of the molecule is Cc1cc(C)cc(CC(O)C2(CC(C)C)CCCC2)c1. The van der Waals surface area contributed by atoms with E-state index in [0.29, 0.717) is 5.92 Å². The minimum absolute atomic E-state index is 0.172. The average molecular weight is 274 g/mol. The summed E-state index contributed by atoms with van der Waals surface area (Å²) in [6, 6.07) is 6.66. The molecule has 0 heterocycles. The van der Waals surface area contributed by atoms with Crippen LogP contribution in [-0.2, 0) is 6.42 Å². The summed E-state index contributed by atoms with van der Waals surface area (Å²) in [5.74, 6) is 0.669. The van der Waals surface area contributed by atoms with Crippen molar-refractivity contribution in [2.75, 3.05) is 0 Å². The highest BCUT2D eigenvalue weighted by molar-refractivity contribution is 5.29. The van der Waals surface area contributed by atoms with E-state index in [1.807, 2.05) is 0 Å². The van der Waals surface area contributed by atoms with Gasteiger partial charge in [-0.15, -0.1) is 0 Å². The first-order chi connectivity index (χ1) is 9.41. The predicted octanol–water partition coefficient (Wildman–Crippen LogP) is 4.81. The highest BCUT2D eigenvalue weighted by Crippen LogP contribution is 2.46. The molecule has 1 aliphatic carbocycles. The molecule has 0 bridgehead atoms. The van der Waals surface area contributed by atoms with Crippen molar-refractivity contribution in [1.29, 1.82) is 0 Å². The topological polar surface area (TPSA) is 20.2 Å². The third kappa shape index (κ3) is 3.63. The van der Waals surface area contributed by atoms with Gasteiger partial charge in [-0.25, -0.2) is 0 Å². The molecule has 1 nitrogen and oxygen atoms in total. The summed E-state index contributed by atoms with van der Waals surface area (Å²) in [6.07, 6.45) is 6.78. The van der Waals surface area contributed by atoms with Gasteiger partial charge in [-0.1, -0.05) is 56.0 Å². The van der Waals surface area contributed by atoms with Gasteiger partial charge in [0.1, 0.15) is 0 Å². The predicted molar refractivity (Wildman–Crippen MR) is 86.0 cm³/mol. The second-order valence-electron chi connectivity index (χ2n) is 7.38. The van der Waals surface area contributed by atoms with Crippen molar-refractivity contribution in [2.24, 2.45) is 11.3 Å². The van der Waals surface area contributed by atoms with Crippen LogP contribution in [0.1, 0.15) is 62.6 Å². The second kappa shape index (κ2) is 6.30. The van der Waals surface area contributed by atoms with Gasteiger partial charge in [-0.2, -0.15) is 0 Å². The van der Waals surface area contributed by atoms with Gasteiger partial charge in [0, 0.05) is 0 Å². The van der Waals surface area contributed by atoms with Gasteiger partial charge in [-0.05, 0) is 56.4 Å². The number of rotatable bonds is 5. The van der Waals surface area contributed by atoms with Crippen LogP contribution in [0.3, 0.4) is 0 Å². The van der Waals surface area contributed by atoms with Gasteiger partial charge >= 0.3 is 0 Å². The van der Waals surface area contributed by atoms with Crippen LogP contribution in [0.15, 0.2) is 18.2 Å². The smallest absolute Gasteiger partial charge is 0.0636 e. The number of hydrogen-bond acceptors (Lipinski definition) is 1. The molecule has 0 aromatic heterocycles. The van der Waals surface area contributed by atoms with Crippen molar-refractivity contribution in [3.63, 3.8) is 0 Å². The van der Waals surface area contributed by atoms with Gasteiger partial charge in [-0.3, -0.25) is 0 Å². The van der Waals surface area contributed by atoms with Crippen molar-refractivity contribution in [3.8, 4) is 0 Å². The summed E-state index contributed by atoms with van der Waals surface area (Å²) in [4.78, 5) is 0. The molecule has 1 N–H and O–H groups in total. The Hall–Kier alpha value is -0.820. The van der Waals surface area contributed by atoms with Crippen LogP contribution in [0.25, 0.3) is 0 Å². The zero-order valence-corrected chi connectivity index (χ0v) is 13.6. The third-order valence-corrected chi connectivity index (χ3v) is 4.83. The van der Waals surface area contributed by atoms with E-state index >= 15 is 0 Å². The molecule has 1 unspecified atom stereocenters. The molecular formula is C19H30O. The van der Waals surface area contributed by atoms with Crippen molar-refractivity contribution in [1.82, 2.24) is 0 Å². The first kappa shape index (κ1) is 15.6. The first-order valence-electron chi connectivity index (χ1n) is 8.16. The monoisotopic (exact) mass is 274 g/mol. The second-order valence-corrected chi connectivity index (χ2v) is 7.38. The summed E-state index contributed by atoms with van der Waals surface area (Å²) in [6.45, 7) is 8.85. The Morgan fingerprint density at radius 3 is 2.10 bits per heavy atom. The van der Waals surface area contributed by atoms with Crippen LogP contribution in [0.2, 0.25) is 0 Å². The third-order valence-electron chi connectivity index (χ3n) is 4.83. The Bertz CT molecular complexity index is 421. The fourth-order valence-electron chi connectivity index (χ4n) is 4.19. The van der Waals surface area contributed by atoms with Crippen LogP contribution < -0.4 is 0 Å². The summed E-state index contributed by atoms with van der Waals surface area (Å²) in [5.41, 5.74) is 4.07. The Kier molecular flexibility index (Phi) is 4.90. The number of aryl methyl sites for hydroxylation is 2. The van der Waals surface area contributed by atoms with Gasteiger partial charge in [0.15, 0.2) is 0 Å². The minimum atomic E-state index is -0.186. The lowest BCUT2D eigenvalue weighted by molar-refractivity contribution is 0.0134.